The lowest BCUT2D eigenvalue weighted by Gasteiger charge is -2.48. The molecule has 3 nitrogen and oxygen atoms in total. The van der Waals surface area contributed by atoms with Gasteiger partial charge in [0.2, 0.25) is 5.91 Å². The van der Waals surface area contributed by atoms with Crippen molar-refractivity contribution in [1.29, 1.82) is 0 Å². The van der Waals surface area contributed by atoms with Gasteiger partial charge in [0.05, 0.1) is 10.0 Å². The predicted octanol–water partition coefficient (Wildman–Crippen LogP) is 6.34. The van der Waals surface area contributed by atoms with Crippen LogP contribution in [0.4, 0.5) is 0 Å². The normalized spacial score (nSPS) is 30.1. The van der Waals surface area contributed by atoms with Crippen molar-refractivity contribution in [3.63, 3.8) is 0 Å². The van der Waals surface area contributed by atoms with Gasteiger partial charge in [0.15, 0.2) is 0 Å². The number of hydrogen-bond donors (Lipinski definition) is 2. The van der Waals surface area contributed by atoms with Crippen LogP contribution in [0.5, 0.6) is 0 Å². The second-order valence-electron chi connectivity index (χ2n) is 9.22. The molecule has 2 fully saturated rings. The van der Waals surface area contributed by atoms with E-state index in [1.165, 1.54) is 37.6 Å². The van der Waals surface area contributed by atoms with Gasteiger partial charge in [-0.3, -0.25) is 4.79 Å². The van der Waals surface area contributed by atoms with E-state index in [0.717, 1.165) is 23.2 Å². The Balaban J connectivity index is 1.65. The molecule has 156 valence electrons. The minimum absolute atomic E-state index is 0.0540. The van der Waals surface area contributed by atoms with Crippen molar-refractivity contribution in [3.8, 4) is 0 Å². The van der Waals surface area contributed by atoms with Gasteiger partial charge in [0.1, 0.15) is 5.54 Å². The number of carbonyl (C=O) groups is 1. The Hall–Kier alpha value is -0.420. The molecular weight excluding hydrogens is 411 g/mol. The standard InChI is InChI=1S/C22H32Cl2N2OS/c1-5-15-11-14-9-13(2)10-16(12-14)20(15)25-21(27)22(3,4)26-28-18-8-6-7-17(23)19(18)24/h6-8,13-16,20,26H,5,9-12H2,1-4H3,(H,25,27). The molecule has 1 aromatic rings. The van der Waals surface area contributed by atoms with Crippen molar-refractivity contribution in [1.82, 2.24) is 10.0 Å². The minimum Gasteiger partial charge on any atom is -0.351 e. The zero-order chi connectivity index (χ0) is 20.5. The molecule has 3 rings (SSSR count). The largest absolute Gasteiger partial charge is 0.351 e. The second kappa shape index (κ2) is 9.16. The zero-order valence-corrected chi connectivity index (χ0v) is 19.6. The summed E-state index contributed by atoms with van der Waals surface area (Å²) in [6.45, 7) is 8.46. The Morgan fingerprint density at radius 1 is 1.21 bits per heavy atom. The van der Waals surface area contributed by atoms with Crippen LogP contribution in [0, 0.1) is 23.7 Å². The fraction of sp³-hybridized carbons (Fsp3) is 0.682. The number of carbonyl (C=O) groups excluding carboxylic acids is 1. The average Bonchev–Trinajstić information content (AvgIpc) is 2.64. The Kier molecular flexibility index (Phi) is 7.28. The van der Waals surface area contributed by atoms with Gasteiger partial charge in [-0.25, -0.2) is 4.72 Å². The third-order valence-corrected chi connectivity index (χ3v) is 8.55. The molecule has 28 heavy (non-hydrogen) atoms. The van der Waals surface area contributed by atoms with Crippen LogP contribution in [0.15, 0.2) is 23.1 Å². The number of amides is 1. The summed E-state index contributed by atoms with van der Waals surface area (Å²) in [5.41, 5.74) is -0.717. The summed E-state index contributed by atoms with van der Waals surface area (Å²) in [6.07, 6.45) is 6.25. The lowest BCUT2D eigenvalue weighted by atomic mass is 9.62. The summed E-state index contributed by atoms with van der Waals surface area (Å²) in [4.78, 5) is 14.0. The maximum atomic E-state index is 13.2. The van der Waals surface area contributed by atoms with Crippen molar-refractivity contribution in [3.05, 3.63) is 28.2 Å². The Morgan fingerprint density at radius 3 is 2.68 bits per heavy atom. The van der Waals surface area contributed by atoms with Crippen LogP contribution >= 0.6 is 35.1 Å². The summed E-state index contributed by atoms with van der Waals surface area (Å²) in [5, 5.41) is 4.46. The number of halogens is 2. The average molecular weight is 443 g/mol. The van der Waals surface area contributed by atoms with Crippen LogP contribution in [0.1, 0.15) is 59.8 Å². The summed E-state index contributed by atoms with van der Waals surface area (Å²) in [6, 6.07) is 5.81. The minimum atomic E-state index is -0.717. The van der Waals surface area contributed by atoms with Gasteiger partial charge in [0.25, 0.3) is 0 Å². The molecular formula is C22H32Cl2N2OS. The van der Waals surface area contributed by atoms with Crippen LogP contribution in [0.25, 0.3) is 0 Å². The molecule has 2 saturated carbocycles. The molecule has 6 heteroatoms. The van der Waals surface area contributed by atoms with Gasteiger partial charge in [-0.15, -0.1) is 0 Å². The maximum absolute atomic E-state index is 13.2. The SMILES string of the molecule is CCC1CC2CC(C)CC(C2)C1NC(=O)C(C)(C)NSc1cccc(Cl)c1Cl. The smallest absolute Gasteiger partial charge is 0.240 e. The first-order chi connectivity index (χ1) is 13.2. The van der Waals surface area contributed by atoms with Crippen LogP contribution in [0.3, 0.4) is 0 Å². The maximum Gasteiger partial charge on any atom is 0.240 e. The topological polar surface area (TPSA) is 41.1 Å². The van der Waals surface area contributed by atoms with Gasteiger partial charge in [-0.1, -0.05) is 49.5 Å². The summed E-state index contributed by atoms with van der Waals surface area (Å²) >= 11 is 13.7. The monoisotopic (exact) mass is 442 g/mol. The van der Waals surface area contributed by atoms with Gasteiger partial charge >= 0.3 is 0 Å². The van der Waals surface area contributed by atoms with Gasteiger partial charge in [-0.2, -0.15) is 0 Å². The highest BCUT2D eigenvalue weighted by atomic mass is 35.5. The van der Waals surface area contributed by atoms with Crippen LogP contribution in [-0.4, -0.2) is 17.5 Å². The highest BCUT2D eigenvalue weighted by molar-refractivity contribution is 7.97. The van der Waals surface area contributed by atoms with Crippen molar-refractivity contribution >= 4 is 41.1 Å². The number of fused-ring (bicyclic) bond motifs is 2. The van der Waals surface area contributed by atoms with E-state index in [-0.39, 0.29) is 11.9 Å². The Morgan fingerprint density at radius 2 is 1.96 bits per heavy atom. The van der Waals surface area contributed by atoms with Crippen molar-refractivity contribution < 1.29 is 4.79 Å². The summed E-state index contributed by atoms with van der Waals surface area (Å²) < 4.78 is 3.29. The molecule has 2 aliphatic rings. The van der Waals surface area contributed by atoms with Gasteiger partial charge in [-0.05, 0) is 87.3 Å². The third-order valence-electron chi connectivity index (χ3n) is 6.45. The predicted molar refractivity (Wildman–Crippen MR) is 120 cm³/mol. The highest BCUT2D eigenvalue weighted by Crippen LogP contribution is 2.46. The van der Waals surface area contributed by atoms with E-state index < -0.39 is 5.54 Å². The third kappa shape index (κ3) is 5.00. The van der Waals surface area contributed by atoms with E-state index in [0.29, 0.717) is 21.9 Å². The zero-order valence-electron chi connectivity index (χ0n) is 17.2. The van der Waals surface area contributed by atoms with Gasteiger partial charge in [0, 0.05) is 10.9 Å². The summed E-state index contributed by atoms with van der Waals surface area (Å²) in [5.74, 6) is 2.87. The van der Waals surface area contributed by atoms with Gasteiger partial charge < -0.3 is 5.32 Å². The van der Waals surface area contributed by atoms with Crippen molar-refractivity contribution in [2.45, 2.75) is 76.3 Å². The fourth-order valence-electron chi connectivity index (χ4n) is 5.03. The molecule has 2 aliphatic carbocycles. The first-order valence-electron chi connectivity index (χ1n) is 10.4. The summed E-state index contributed by atoms with van der Waals surface area (Å²) in [7, 11) is 0. The molecule has 0 radical (unpaired) electrons. The first-order valence-corrected chi connectivity index (χ1v) is 12.0. The number of benzene rings is 1. The molecule has 0 aromatic heterocycles. The van der Waals surface area contributed by atoms with E-state index in [2.05, 4.69) is 23.9 Å². The molecule has 2 N–H and O–H groups in total. The number of nitrogens with one attached hydrogen (secondary N) is 2. The van der Waals surface area contributed by atoms with E-state index >= 15 is 0 Å². The molecule has 1 amide bonds. The van der Waals surface area contributed by atoms with Crippen LogP contribution < -0.4 is 10.0 Å². The molecule has 0 heterocycles. The van der Waals surface area contributed by atoms with Crippen LogP contribution in [0.2, 0.25) is 10.0 Å². The Labute approximate surface area is 183 Å². The molecule has 0 spiro atoms. The van der Waals surface area contributed by atoms with Crippen molar-refractivity contribution in [2.24, 2.45) is 23.7 Å². The molecule has 0 saturated heterocycles. The lowest BCUT2D eigenvalue weighted by Crippen LogP contribution is -2.58. The van der Waals surface area contributed by atoms with E-state index in [9.17, 15) is 4.79 Å². The van der Waals surface area contributed by atoms with Crippen molar-refractivity contribution in [2.75, 3.05) is 0 Å². The quantitative estimate of drug-likeness (QED) is 0.505. The molecule has 0 aliphatic heterocycles. The van der Waals surface area contributed by atoms with Crippen LogP contribution in [-0.2, 0) is 4.79 Å². The molecule has 2 bridgehead atoms. The Bertz CT molecular complexity index is 710. The molecule has 5 unspecified atom stereocenters. The van der Waals surface area contributed by atoms with E-state index in [4.69, 9.17) is 23.2 Å². The number of hydrogen-bond acceptors (Lipinski definition) is 3. The first kappa shape index (κ1) is 22.3. The van der Waals surface area contributed by atoms with E-state index in [1.807, 2.05) is 26.0 Å². The van der Waals surface area contributed by atoms with E-state index in [1.54, 1.807) is 6.07 Å². The highest BCUT2D eigenvalue weighted by Gasteiger charge is 2.43. The number of rotatable bonds is 6. The fourth-order valence-corrected chi connectivity index (χ4v) is 6.30. The molecule has 5 atom stereocenters. The second-order valence-corrected chi connectivity index (χ2v) is 10.9. The molecule has 1 aromatic carbocycles. The lowest BCUT2D eigenvalue weighted by molar-refractivity contribution is -0.128.